The SMILES string of the molecule is CCOC(=O)c1ccc(NC(=S)Nc2ccc(OC)c(Cl)c2)cc1. The number of rotatable bonds is 5. The fourth-order valence-corrected chi connectivity index (χ4v) is 2.44. The molecule has 0 aliphatic carbocycles. The fourth-order valence-electron chi connectivity index (χ4n) is 1.94. The van der Waals surface area contributed by atoms with Crippen LogP contribution in [0.2, 0.25) is 5.02 Å². The van der Waals surface area contributed by atoms with Gasteiger partial charge < -0.3 is 20.1 Å². The number of ether oxygens (including phenoxy) is 2. The van der Waals surface area contributed by atoms with E-state index in [0.29, 0.717) is 28.1 Å². The minimum absolute atomic E-state index is 0.345. The van der Waals surface area contributed by atoms with Crippen LogP contribution in [-0.2, 0) is 4.74 Å². The molecule has 0 atom stereocenters. The average Bonchev–Trinajstić information content (AvgIpc) is 2.56. The molecule has 24 heavy (non-hydrogen) atoms. The van der Waals surface area contributed by atoms with Crippen LogP contribution in [0.1, 0.15) is 17.3 Å². The van der Waals surface area contributed by atoms with Gasteiger partial charge in [0.15, 0.2) is 5.11 Å². The Hall–Kier alpha value is -2.31. The van der Waals surface area contributed by atoms with E-state index in [-0.39, 0.29) is 5.97 Å². The topological polar surface area (TPSA) is 59.6 Å². The molecule has 0 radical (unpaired) electrons. The molecule has 0 amide bonds. The molecule has 0 spiro atoms. The lowest BCUT2D eigenvalue weighted by Crippen LogP contribution is -2.19. The summed E-state index contributed by atoms with van der Waals surface area (Å²) in [5, 5.41) is 6.95. The van der Waals surface area contributed by atoms with E-state index in [4.69, 9.17) is 33.3 Å². The van der Waals surface area contributed by atoms with Crippen molar-refractivity contribution in [2.45, 2.75) is 6.92 Å². The van der Waals surface area contributed by atoms with Crippen molar-refractivity contribution >= 4 is 46.3 Å². The van der Waals surface area contributed by atoms with E-state index in [0.717, 1.165) is 11.4 Å². The molecule has 0 unspecified atom stereocenters. The molecule has 7 heteroatoms. The van der Waals surface area contributed by atoms with Gasteiger partial charge in [0.25, 0.3) is 0 Å². The molecule has 126 valence electrons. The predicted octanol–water partition coefficient (Wildman–Crippen LogP) is 4.33. The Kier molecular flexibility index (Phi) is 6.40. The van der Waals surface area contributed by atoms with Gasteiger partial charge in [0.2, 0.25) is 0 Å². The minimum atomic E-state index is -0.349. The van der Waals surface area contributed by atoms with Crippen LogP contribution in [-0.4, -0.2) is 24.8 Å². The molecule has 0 aromatic heterocycles. The van der Waals surface area contributed by atoms with E-state index in [2.05, 4.69) is 10.6 Å². The molecule has 0 bridgehead atoms. The number of hydrogen-bond acceptors (Lipinski definition) is 4. The third-order valence-electron chi connectivity index (χ3n) is 3.06. The molecule has 0 heterocycles. The largest absolute Gasteiger partial charge is 0.495 e. The summed E-state index contributed by atoms with van der Waals surface area (Å²) in [5.41, 5.74) is 1.98. The second-order valence-corrected chi connectivity index (χ2v) is 5.54. The smallest absolute Gasteiger partial charge is 0.338 e. The molecule has 0 saturated heterocycles. The quantitative estimate of drug-likeness (QED) is 0.608. The van der Waals surface area contributed by atoms with Crippen molar-refractivity contribution in [1.82, 2.24) is 0 Å². The Morgan fingerprint density at radius 2 is 1.75 bits per heavy atom. The first-order valence-corrected chi connectivity index (χ1v) is 8.01. The van der Waals surface area contributed by atoms with Crippen LogP contribution in [0.4, 0.5) is 11.4 Å². The van der Waals surface area contributed by atoms with Crippen LogP contribution >= 0.6 is 23.8 Å². The molecule has 2 rings (SSSR count). The summed E-state index contributed by atoms with van der Waals surface area (Å²) in [5.74, 6) is 0.244. The summed E-state index contributed by atoms with van der Waals surface area (Å²) < 4.78 is 10.0. The lowest BCUT2D eigenvalue weighted by atomic mass is 10.2. The number of carbonyl (C=O) groups is 1. The standard InChI is InChI=1S/C17H17ClN2O3S/c1-3-23-16(21)11-4-6-12(7-5-11)19-17(24)20-13-8-9-15(22-2)14(18)10-13/h4-10H,3H2,1-2H3,(H2,19,20,24). The first-order valence-electron chi connectivity index (χ1n) is 7.22. The van der Waals surface area contributed by atoms with Crippen LogP contribution < -0.4 is 15.4 Å². The number of benzene rings is 2. The minimum Gasteiger partial charge on any atom is -0.495 e. The number of thiocarbonyl (C=S) groups is 1. The molecular weight excluding hydrogens is 348 g/mol. The van der Waals surface area contributed by atoms with Crippen molar-refractivity contribution in [2.75, 3.05) is 24.4 Å². The fraction of sp³-hybridized carbons (Fsp3) is 0.176. The molecule has 2 aromatic rings. The Bertz CT molecular complexity index is 735. The van der Waals surface area contributed by atoms with Crippen LogP contribution in [0.25, 0.3) is 0 Å². The van der Waals surface area contributed by atoms with Gasteiger partial charge in [-0.1, -0.05) is 11.6 Å². The van der Waals surface area contributed by atoms with Gasteiger partial charge in [-0.3, -0.25) is 0 Å². The van der Waals surface area contributed by atoms with Gasteiger partial charge in [-0.2, -0.15) is 0 Å². The molecule has 0 saturated carbocycles. The summed E-state index contributed by atoms with van der Waals surface area (Å²) in [6.07, 6.45) is 0. The normalized spacial score (nSPS) is 9.96. The van der Waals surface area contributed by atoms with Crippen LogP contribution in [0, 0.1) is 0 Å². The van der Waals surface area contributed by atoms with Crippen molar-refractivity contribution in [3.8, 4) is 5.75 Å². The Morgan fingerprint density at radius 3 is 2.33 bits per heavy atom. The maximum absolute atomic E-state index is 11.6. The summed E-state index contributed by atoms with van der Waals surface area (Å²) in [4.78, 5) is 11.6. The number of nitrogens with one attached hydrogen (secondary N) is 2. The van der Waals surface area contributed by atoms with Gasteiger partial charge in [-0.05, 0) is 61.6 Å². The van der Waals surface area contributed by atoms with E-state index in [1.807, 2.05) is 6.07 Å². The van der Waals surface area contributed by atoms with Crippen LogP contribution in [0.3, 0.4) is 0 Å². The second kappa shape index (κ2) is 8.52. The molecular formula is C17H17ClN2O3S. The highest BCUT2D eigenvalue weighted by atomic mass is 35.5. The van der Waals surface area contributed by atoms with E-state index in [9.17, 15) is 4.79 Å². The first kappa shape index (κ1) is 18.0. The highest BCUT2D eigenvalue weighted by Gasteiger charge is 2.07. The molecule has 0 aliphatic heterocycles. The van der Waals surface area contributed by atoms with Crippen molar-refractivity contribution in [3.05, 3.63) is 53.1 Å². The summed E-state index contributed by atoms with van der Waals surface area (Å²) in [6.45, 7) is 2.11. The van der Waals surface area contributed by atoms with Crippen LogP contribution in [0.5, 0.6) is 5.75 Å². The van der Waals surface area contributed by atoms with Crippen molar-refractivity contribution < 1.29 is 14.3 Å². The zero-order valence-electron chi connectivity index (χ0n) is 13.3. The van der Waals surface area contributed by atoms with E-state index in [1.54, 1.807) is 50.4 Å². The Balaban J connectivity index is 1.97. The Morgan fingerprint density at radius 1 is 1.12 bits per heavy atom. The van der Waals surface area contributed by atoms with Gasteiger partial charge in [0.05, 0.1) is 24.3 Å². The highest BCUT2D eigenvalue weighted by molar-refractivity contribution is 7.80. The third kappa shape index (κ3) is 4.84. The van der Waals surface area contributed by atoms with E-state index >= 15 is 0 Å². The average molecular weight is 365 g/mol. The summed E-state index contributed by atoms with van der Waals surface area (Å²) in [6, 6.07) is 12.1. The highest BCUT2D eigenvalue weighted by Crippen LogP contribution is 2.27. The van der Waals surface area contributed by atoms with E-state index < -0.39 is 0 Å². The monoisotopic (exact) mass is 364 g/mol. The number of esters is 1. The molecule has 0 aliphatic rings. The molecule has 0 fully saturated rings. The third-order valence-corrected chi connectivity index (χ3v) is 3.56. The number of carbonyl (C=O) groups excluding carboxylic acids is 1. The summed E-state index contributed by atoms with van der Waals surface area (Å²) in [7, 11) is 1.56. The summed E-state index contributed by atoms with van der Waals surface area (Å²) >= 11 is 11.3. The van der Waals surface area contributed by atoms with Gasteiger partial charge in [-0.15, -0.1) is 0 Å². The molecule has 2 N–H and O–H groups in total. The maximum Gasteiger partial charge on any atom is 0.338 e. The van der Waals surface area contributed by atoms with Gasteiger partial charge in [0, 0.05) is 11.4 Å². The van der Waals surface area contributed by atoms with Crippen LogP contribution in [0.15, 0.2) is 42.5 Å². The van der Waals surface area contributed by atoms with Crippen molar-refractivity contribution in [3.63, 3.8) is 0 Å². The van der Waals surface area contributed by atoms with E-state index in [1.165, 1.54) is 0 Å². The zero-order valence-corrected chi connectivity index (χ0v) is 14.8. The number of methoxy groups -OCH3 is 1. The molecule has 5 nitrogen and oxygen atoms in total. The van der Waals surface area contributed by atoms with Crippen molar-refractivity contribution in [2.24, 2.45) is 0 Å². The lowest BCUT2D eigenvalue weighted by molar-refractivity contribution is 0.0526. The Labute approximate surface area is 150 Å². The number of hydrogen-bond donors (Lipinski definition) is 2. The van der Waals surface area contributed by atoms with Gasteiger partial charge in [0.1, 0.15) is 5.75 Å². The zero-order chi connectivity index (χ0) is 17.5. The number of anilines is 2. The number of halogens is 1. The first-order chi connectivity index (χ1) is 11.5. The van der Waals surface area contributed by atoms with Gasteiger partial charge >= 0.3 is 5.97 Å². The predicted molar refractivity (Wildman–Crippen MR) is 100 cm³/mol. The van der Waals surface area contributed by atoms with Crippen molar-refractivity contribution in [1.29, 1.82) is 0 Å². The lowest BCUT2D eigenvalue weighted by Gasteiger charge is -2.12. The second-order valence-electron chi connectivity index (χ2n) is 4.73. The maximum atomic E-state index is 11.6. The van der Waals surface area contributed by atoms with Gasteiger partial charge in [-0.25, -0.2) is 4.79 Å². The molecule has 2 aromatic carbocycles.